The molecule has 0 aromatic heterocycles. The molecule has 2 atom stereocenters. The lowest BCUT2D eigenvalue weighted by Gasteiger charge is -2.18. The maximum absolute atomic E-state index is 12.9. The standard InChI is InChI=1S/C15H14F3NO3/c1-3-22-14(21)11(8-19)9(2)13(20)10-6-4-5-7-12(10)15(16,17)18/h4-7,9,11H,3H2,1-2H3. The van der Waals surface area contributed by atoms with Crippen LogP contribution in [-0.4, -0.2) is 18.4 Å². The predicted octanol–water partition coefficient (Wildman–Crippen LogP) is 3.23. The monoisotopic (exact) mass is 313 g/mol. The number of benzene rings is 1. The van der Waals surface area contributed by atoms with E-state index in [4.69, 9.17) is 5.26 Å². The van der Waals surface area contributed by atoms with Crippen molar-refractivity contribution in [1.82, 2.24) is 0 Å². The van der Waals surface area contributed by atoms with Crippen molar-refractivity contribution in [2.75, 3.05) is 6.61 Å². The van der Waals surface area contributed by atoms with Gasteiger partial charge in [0.1, 0.15) is 0 Å². The first kappa shape index (κ1) is 17.7. The zero-order valence-corrected chi connectivity index (χ0v) is 12.0. The summed E-state index contributed by atoms with van der Waals surface area (Å²) in [6.07, 6.45) is -4.70. The molecule has 4 nitrogen and oxygen atoms in total. The van der Waals surface area contributed by atoms with Gasteiger partial charge < -0.3 is 4.74 Å². The molecule has 22 heavy (non-hydrogen) atoms. The zero-order valence-electron chi connectivity index (χ0n) is 12.0. The van der Waals surface area contributed by atoms with Crippen LogP contribution in [0.25, 0.3) is 0 Å². The Balaban J connectivity index is 3.16. The van der Waals surface area contributed by atoms with E-state index in [9.17, 15) is 22.8 Å². The number of ketones is 1. The van der Waals surface area contributed by atoms with Crippen LogP contribution in [0.15, 0.2) is 24.3 Å². The van der Waals surface area contributed by atoms with Gasteiger partial charge >= 0.3 is 12.1 Å². The van der Waals surface area contributed by atoms with E-state index >= 15 is 0 Å². The van der Waals surface area contributed by atoms with E-state index in [1.54, 1.807) is 6.07 Å². The predicted molar refractivity (Wildman–Crippen MR) is 70.7 cm³/mol. The Morgan fingerprint density at radius 3 is 2.41 bits per heavy atom. The highest BCUT2D eigenvalue weighted by molar-refractivity contribution is 6.01. The highest BCUT2D eigenvalue weighted by Gasteiger charge is 2.38. The van der Waals surface area contributed by atoms with Crippen LogP contribution in [0.3, 0.4) is 0 Å². The lowest BCUT2D eigenvalue weighted by molar-refractivity contribution is -0.147. The number of halogens is 3. The Bertz CT molecular complexity index is 605. The summed E-state index contributed by atoms with van der Waals surface area (Å²) in [7, 11) is 0. The maximum atomic E-state index is 12.9. The molecule has 0 heterocycles. The average Bonchev–Trinajstić information content (AvgIpc) is 2.46. The molecule has 118 valence electrons. The molecule has 7 heteroatoms. The van der Waals surface area contributed by atoms with E-state index in [-0.39, 0.29) is 6.61 Å². The van der Waals surface area contributed by atoms with Gasteiger partial charge in [0.25, 0.3) is 0 Å². The Labute approximate surface area is 125 Å². The Kier molecular flexibility index (Phi) is 5.69. The minimum absolute atomic E-state index is 0.0110. The van der Waals surface area contributed by atoms with Crippen molar-refractivity contribution in [3.8, 4) is 6.07 Å². The maximum Gasteiger partial charge on any atom is 0.417 e. The number of Topliss-reactive ketones (excluding diaryl/α,β-unsaturated/α-hetero) is 1. The molecule has 0 aliphatic carbocycles. The van der Waals surface area contributed by atoms with Crippen LogP contribution in [-0.2, 0) is 15.7 Å². The van der Waals surface area contributed by atoms with Crippen molar-refractivity contribution in [3.05, 3.63) is 35.4 Å². The number of carbonyl (C=O) groups is 2. The topological polar surface area (TPSA) is 67.2 Å². The Hall–Kier alpha value is -2.36. The molecular weight excluding hydrogens is 299 g/mol. The van der Waals surface area contributed by atoms with E-state index in [1.165, 1.54) is 19.9 Å². The van der Waals surface area contributed by atoms with Crippen LogP contribution in [0.1, 0.15) is 29.8 Å². The summed E-state index contributed by atoms with van der Waals surface area (Å²) in [4.78, 5) is 23.9. The molecule has 1 rings (SSSR count). The van der Waals surface area contributed by atoms with Gasteiger partial charge in [-0.15, -0.1) is 0 Å². The quantitative estimate of drug-likeness (QED) is 0.618. The zero-order chi connectivity index (χ0) is 16.9. The molecule has 2 unspecified atom stereocenters. The molecule has 0 fully saturated rings. The number of carbonyl (C=O) groups excluding carboxylic acids is 2. The lowest BCUT2D eigenvalue weighted by atomic mass is 9.86. The summed E-state index contributed by atoms with van der Waals surface area (Å²) in [6, 6.07) is 5.89. The molecule has 0 saturated carbocycles. The molecule has 0 aliphatic heterocycles. The van der Waals surface area contributed by atoms with Gasteiger partial charge in [-0.05, 0) is 13.0 Å². The molecule has 0 spiro atoms. The second-order valence-electron chi connectivity index (χ2n) is 4.56. The van der Waals surface area contributed by atoms with E-state index in [0.717, 1.165) is 18.2 Å². The first-order chi connectivity index (χ1) is 10.2. The summed E-state index contributed by atoms with van der Waals surface area (Å²) in [6.45, 7) is 2.77. The summed E-state index contributed by atoms with van der Waals surface area (Å²) in [5.74, 6) is -4.54. The molecule has 0 bridgehead atoms. The van der Waals surface area contributed by atoms with Crippen molar-refractivity contribution in [2.24, 2.45) is 11.8 Å². The van der Waals surface area contributed by atoms with Crippen LogP contribution >= 0.6 is 0 Å². The number of nitrogens with zero attached hydrogens (tertiary/aromatic N) is 1. The van der Waals surface area contributed by atoms with Crippen molar-refractivity contribution < 1.29 is 27.5 Å². The van der Waals surface area contributed by atoms with Crippen molar-refractivity contribution in [1.29, 1.82) is 5.26 Å². The van der Waals surface area contributed by atoms with Crippen molar-refractivity contribution in [2.45, 2.75) is 20.0 Å². The number of nitriles is 1. The van der Waals surface area contributed by atoms with Gasteiger partial charge in [0.05, 0.1) is 18.2 Å². The van der Waals surface area contributed by atoms with Gasteiger partial charge in [0.2, 0.25) is 0 Å². The minimum Gasteiger partial charge on any atom is -0.465 e. The van der Waals surface area contributed by atoms with Crippen molar-refractivity contribution in [3.63, 3.8) is 0 Å². The fourth-order valence-corrected chi connectivity index (χ4v) is 1.94. The number of alkyl halides is 3. The fraction of sp³-hybridized carbons (Fsp3) is 0.400. The van der Waals surface area contributed by atoms with E-state index in [0.29, 0.717) is 0 Å². The first-order valence-corrected chi connectivity index (χ1v) is 6.50. The fourth-order valence-electron chi connectivity index (χ4n) is 1.94. The Morgan fingerprint density at radius 2 is 1.91 bits per heavy atom. The van der Waals surface area contributed by atoms with E-state index in [2.05, 4.69) is 4.74 Å². The Morgan fingerprint density at radius 1 is 1.32 bits per heavy atom. The van der Waals surface area contributed by atoms with E-state index < -0.39 is 40.9 Å². The summed E-state index contributed by atoms with van der Waals surface area (Å²) in [5.41, 5.74) is -1.65. The van der Waals surface area contributed by atoms with Gasteiger partial charge in [-0.1, -0.05) is 25.1 Å². The number of esters is 1. The van der Waals surface area contributed by atoms with Gasteiger partial charge in [-0.2, -0.15) is 18.4 Å². The average molecular weight is 313 g/mol. The molecule has 0 saturated heterocycles. The molecule has 0 N–H and O–H groups in total. The highest BCUT2D eigenvalue weighted by atomic mass is 19.4. The van der Waals surface area contributed by atoms with Gasteiger partial charge in [0.15, 0.2) is 11.7 Å². The van der Waals surface area contributed by atoms with Crippen LogP contribution in [0.2, 0.25) is 0 Å². The van der Waals surface area contributed by atoms with E-state index in [1.807, 2.05) is 0 Å². The van der Waals surface area contributed by atoms with Crippen LogP contribution in [0.4, 0.5) is 13.2 Å². The van der Waals surface area contributed by atoms with Gasteiger partial charge in [-0.25, -0.2) is 0 Å². The summed E-state index contributed by atoms with van der Waals surface area (Å²) >= 11 is 0. The number of hydrogen-bond donors (Lipinski definition) is 0. The summed E-state index contributed by atoms with van der Waals surface area (Å²) in [5, 5.41) is 8.99. The third-order valence-corrected chi connectivity index (χ3v) is 3.09. The molecule has 0 amide bonds. The number of hydrogen-bond acceptors (Lipinski definition) is 4. The SMILES string of the molecule is CCOC(=O)C(C#N)C(C)C(=O)c1ccccc1C(F)(F)F. The molecule has 0 radical (unpaired) electrons. The van der Waals surface area contributed by atoms with Crippen LogP contribution in [0, 0.1) is 23.2 Å². The van der Waals surface area contributed by atoms with Gasteiger partial charge in [0, 0.05) is 11.5 Å². The second-order valence-corrected chi connectivity index (χ2v) is 4.56. The second kappa shape index (κ2) is 7.07. The third-order valence-electron chi connectivity index (χ3n) is 3.09. The number of ether oxygens (including phenoxy) is 1. The largest absolute Gasteiger partial charge is 0.465 e. The smallest absolute Gasteiger partial charge is 0.417 e. The molecule has 1 aromatic rings. The number of rotatable bonds is 5. The third kappa shape index (κ3) is 3.85. The normalized spacial score (nSPS) is 13.8. The van der Waals surface area contributed by atoms with Crippen molar-refractivity contribution >= 4 is 11.8 Å². The molecule has 1 aromatic carbocycles. The molecule has 0 aliphatic rings. The van der Waals surface area contributed by atoms with Gasteiger partial charge in [-0.3, -0.25) is 9.59 Å². The van der Waals surface area contributed by atoms with Crippen LogP contribution < -0.4 is 0 Å². The minimum atomic E-state index is -4.70. The highest BCUT2D eigenvalue weighted by Crippen LogP contribution is 2.33. The summed E-state index contributed by atoms with van der Waals surface area (Å²) < 4.78 is 43.4. The first-order valence-electron chi connectivity index (χ1n) is 6.50. The molecular formula is C15H14F3NO3. The van der Waals surface area contributed by atoms with Crippen LogP contribution in [0.5, 0.6) is 0 Å². The lowest BCUT2D eigenvalue weighted by Crippen LogP contribution is -2.29.